The fraction of sp³-hybridized carbons (Fsp3) is 0.214. The smallest absolute Gasteiger partial charge is 0.293 e. The van der Waals surface area contributed by atoms with Crippen LogP contribution in [0.3, 0.4) is 0 Å². The summed E-state index contributed by atoms with van der Waals surface area (Å²) in [6.45, 7) is 2.77. The predicted molar refractivity (Wildman–Crippen MR) is 67.9 cm³/mol. The zero-order chi connectivity index (χ0) is 12.8. The first-order chi connectivity index (χ1) is 8.83. The lowest BCUT2D eigenvalue weighted by atomic mass is 9.98. The van der Waals surface area contributed by atoms with E-state index in [9.17, 15) is 4.79 Å². The Morgan fingerprint density at radius 2 is 2.11 bits per heavy atom. The number of nitrogens with zero attached hydrogens (tertiary/aromatic N) is 2. The van der Waals surface area contributed by atoms with E-state index in [4.69, 9.17) is 4.74 Å². The van der Waals surface area contributed by atoms with Crippen LogP contribution in [-0.4, -0.2) is 23.0 Å². The first-order valence-corrected chi connectivity index (χ1v) is 5.73. The van der Waals surface area contributed by atoms with E-state index in [-0.39, 0.29) is 5.92 Å². The van der Waals surface area contributed by atoms with Gasteiger partial charge in [0.15, 0.2) is 0 Å². The van der Waals surface area contributed by atoms with E-state index in [0.29, 0.717) is 13.1 Å². The second-order valence-electron chi connectivity index (χ2n) is 4.02. The molecule has 2 aromatic rings. The Kier molecular flexibility index (Phi) is 4.02. The molecule has 1 aromatic heterocycles. The van der Waals surface area contributed by atoms with Gasteiger partial charge in [0.05, 0.1) is 12.3 Å². The molecule has 0 aliphatic carbocycles. The van der Waals surface area contributed by atoms with Crippen molar-refractivity contribution in [1.82, 2.24) is 9.97 Å². The van der Waals surface area contributed by atoms with Gasteiger partial charge in [0, 0.05) is 23.2 Å². The minimum atomic E-state index is 0.0617. The van der Waals surface area contributed by atoms with Crippen LogP contribution in [0, 0.1) is 0 Å². The largest absolute Gasteiger partial charge is 0.467 e. The Bertz CT molecular complexity index is 514. The Morgan fingerprint density at radius 1 is 1.33 bits per heavy atom. The molecule has 1 atom stereocenters. The third kappa shape index (κ3) is 2.71. The maximum Gasteiger partial charge on any atom is 0.293 e. The molecule has 1 heterocycles. The number of aromatic nitrogens is 2. The Morgan fingerprint density at radius 3 is 2.83 bits per heavy atom. The summed E-state index contributed by atoms with van der Waals surface area (Å²) < 4.78 is 4.80. The summed E-state index contributed by atoms with van der Waals surface area (Å²) in [5.74, 6) is 0.0617. The molecule has 0 radical (unpaired) electrons. The molecule has 0 spiro atoms. The highest BCUT2D eigenvalue weighted by Gasteiger charge is 2.13. The van der Waals surface area contributed by atoms with Gasteiger partial charge in [-0.25, -0.2) is 9.97 Å². The molecule has 92 valence electrons. The summed E-state index contributed by atoms with van der Waals surface area (Å²) in [5.41, 5.74) is 2.89. The van der Waals surface area contributed by atoms with E-state index < -0.39 is 0 Å². The molecule has 1 aromatic carbocycles. The summed E-state index contributed by atoms with van der Waals surface area (Å²) in [5, 5.41) is 0. The Hall–Kier alpha value is -2.23. The molecule has 0 amide bonds. The quantitative estimate of drug-likeness (QED) is 0.755. The molecule has 0 saturated carbocycles. The Balaban J connectivity index is 2.34. The van der Waals surface area contributed by atoms with Crippen molar-refractivity contribution in [1.29, 1.82) is 0 Å². The zero-order valence-electron chi connectivity index (χ0n) is 10.1. The van der Waals surface area contributed by atoms with Gasteiger partial charge in [-0.3, -0.25) is 4.79 Å². The van der Waals surface area contributed by atoms with Crippen molar-refractivity contribution in [3.05, 3.63) is 48.4 Å². The van der Waals surface area contributed by atoms with Crippen LogP contribution in [-0.2, 0) is 9.53 Å². The van der Waals surface area contributed by atoms with Crippen molar-refractivity contribution in [3.8, 4) is 11.3 Å². The van der Waals surface area contributed by atoms with Crippen molar-refractivity contribution in [2.75, 3.05) is 6.61 Å². The molecule has 0 saturated heterocycles. The van der Waals surface area contributed by atoms with Crippen molar-refractivity contribution in [3.63, 3.8) is 0 Å². The van der Waals surface area contributed by atoms with Crippen molar-refractivity contribution >= 4 is 6.47 Å². The third-order valence-corrected chi connectivity index (χ3v) is 2.73. The van der Waals surface area contributed by atoms with Gasteiger partial charge < -0.3 is 4.74 Å². The van der Waals surface area contributed by atoms with E-state index in [1.54, 1.807) is 6.20 Å². The summed E-state index contributed by atoms with van der Waals surface area (Å²) in [7, 11) is 0. The number of hydrogen-bond donors (Lipinski definition) is 0. The van der Waals surface area contributed by atoms with Gasteiger partial charge in [0.2, 0.25) is 0 Å². The normalized spacial score (nSPS) is 11.8. The fourth-order valence-electron chi connectivity index (χ4n) is 1.81. The van der Waals surface area contributed by atoms with Crippen molar-refractivity contribution < 1.29 is 9.53 Å². The summed E-state index contributed by atoms with van der Waals surface area (Å²) in [4.78, 5) is 18.6. The van der Waals surface area contributed by atoms with E-state index in [1.807, 2.05) is 37.3 Å². The maximum absolute atomic E-state index is 10.2. The van der Waals surface area contributed by atoms with Crippen LogP contribution in [0.2, 0.25) is 0 Å². The van der Waals surface area contributed by atoms with E-state index in [2.05, 4.69) is 9.97 Å². The van der Waals surface area contributed by atoms with E-state index in [1.165, 1.54) is 6.33 Å². The summed E-state index contributed by atoms with van der Waals surface area (Å²) in [6.07, 6.45) is 3.30. The molecule has 0 N–H and O–H groups in total. The zero-order valence-corrected chi connectivity index (χ0v) is 10.1. The second-order valence-corrected chi connectivity index (χ2v) is 4.02. The number of benzene rings is 1. The van der Waals surface area contributed by atoms with Crippen LogP contribution < -0.4 is 0 Å². The number of carbonyl (C=O) groups excluding carboxylic acids is 1. The first-order valence-electron chi connectivity index (χ1n) is 5.73. The molecule has 4 heteroatoms. The van der Waals surface area contributed by atoms with Gasteiger partial charge in [-0.05, 0) is 0 Å². The summed E-state index contributed by atoms with van der Waals surface area (Å²) in [6, 6.07) is 9.89. The predicted octanol–water partition coefficient (Wildman–Crippen LogP) is 2.42. The van der Waals surface area contributed by atoms with Crippen LogP contribution in [0.25, 0.3) is 11.3 Å². The Labute approximate surface area is 106 Å². The standard InChI is InChI=1S/C14H14N2O2/c1-11(8-18-10-17)13-7-15-9-16-14(13)12-5-3-2-4-6-12/h2-7,9-11H,8H2,1H3. The highest BCUT2D eigenvalue weighted by Crippen LogP contribution is 2.26. The second kappa shape index (κ2) is 5.91. The number of carbonyl (C=O) groups is 1. The lowest BCUT2D eigenvalue weighted by molar-refractivity contribution is -0.129. The molecule has 18 heavy (non-hydrogen) atoms. The average molecular weight is 242 g/mol. The lowest BCUT2D eigenvalue weighted by Gasteiger charge is -2.13. The van der Waals surface area contributed by atoms with Crippen LogP contribution in [0.1, 0.15) is 18.4 Å². The molecule has 0 fully saturated rings. The highest BCUT2D eigenvalue weighted by molar-refractivity contribution is 5.63. The van der Waals surface area contributed by atoms with Crippen LogP contribution >= 0.6 is 0 Å². The molecule has 0 aliphatic heterocycles. The van der Waals surface area contributed by atoms with Gasteiger partial charge in [-0.15, -0.1) is 0 Å². The molecule has 4 nitrogen and oxygen atoms in total. The van der Waals surface area contributed by atoms with E-state index in [0.717, 1.165) is 16.8 Å². The molecule has 2 rings (SSSR count). The SMILES string of the molecule is CC(COC=O)c1cncnc1-c1ccccc1. The van der Waals surface area contributed by atoms with Gasteiger partial charge in [0.25, 0.3) is 6.47 Å². The molecule has 0 aliphatic rings. The van der Waals surface area contributed by atoms with Crippen molar-refractivity contribution in [2.45, 2.75) is 12.8 Å². The first kappa shape index (κ1) is 12.2. The molecule has 1 unspecified atom stereocenters. The minimum absolute atomic E-state index is 0.0617. The number of rotatable bonds is 5. The highest BCUT2D eigenvalue weighted by atomic mass is 16.5. The molecular formula is C14H14N2O2. The van der Waals surface area contributed by atoms with Gasteiger partial charge in [0.1, 0.15) is 6.33 Å². The van der Waals surface area contributed by atoms with Gasteiger partial charge >= 0.3 is 0 Å². The summed E-state index contributed by atoms with van der Waals surface area (Å²) >= 11 is 0. The number of hydrogen-bond acceptors (Lipinski definition) is 4. The van der Waals surface area contributed by atoms with Crippen LogP contribution in [0.5, 0.6) is 0 Å². The van der Waals surface area contributed by atoms with E-state index >= 15 is 0 Å². The average Bonchev–Trinajstić information content (AvgIpc) is 2.45. The third-order valence-electron chi connectivity index (χ3n) is 2.73. The van der Waals surface area contributed by atoms with Crippen LogP contribution in [0.4, 0.5) is 0 Å². The van der Waals surface area contributed by atoms with Crippen molar-refractivity contribution in [2.24, 2.45) is 0 Å². The molecule has 0 bridgehead atoms. The topological polar surface area (TPSA) is 52.1 Å². The van der Waals surface area contributed by atoms with Crippen LogP contribution in [0.15, 0.2) is 42.9 Å². The molecular weight excluding hydrogens is 228 g/mol. The van der Waals surface area contributed by atoms with Gasteiger partial charge in [-0.1, -0.05) is 37.3 Å². The fourth-order valence-corrected chi connectivity index (χ4v) is 1.81. The number of ether oxygens (including phenoxy) is 1. The monoisotopic (exact) mass is 242 g/mol. The van der Waals surface area contributed by atoms with Gasteiger partial charge in [-0.2, -0.15) is 0 Å². The lowest BCUT2D eigenvalue weighted by Crippen LogP contribution is -2.06. The maximum atomic E-state index is 10.2. The minimum Gasteiger partial charge on any atom is -0.467 e.